The van der Waals surface area contributed by atoms with Crippen molar-refractivity contribution >= 4 is 27.6 Å². The third-order valence-corrected chi connectivity index (χ3v) is 8.44. The summed E-state index contributed by atoms with van der Waals surface area (Å²) in [7, 11) is -3.96. The maximum atomic E-state index is 13.6. The molecule has 4 rings (SSSR count). The van der Waals surface area contributed by atoms with Crippen molar-refractivity contribution in [1.82, 2.24) is 4.31 Å². The Labute approximate surface area is 180 Å². The molecule has 0 heterocycles. The van der Waals surface area contributed by atoms with E-state index in [-0.39, 0.29) is 23.3 Å². The molecule has 0 aromatic heterocycles. The minimum Gasteiger partial charge on any atom is -0.481 e. The second-order valence-electron chi connectivity index (χ2n) is 8.00. The summed E-state index contributed by atoms with van der Waals surface area (Å²) in [4.78, 5) is 12.2. The number of aliphatic carboxylic acids is 1. The number of sulfonamides is 1. The molecule has 2 aromatic rings. The third-order valence-electron chi connectivity index (χ3n) is 6.33. The molecule has 0 spiro atoms. The number of halogens is 1. The zero-order chi connectivity index (χ0) is 21.5. The number of fused-ring (bicyclic) bond motifs is 2. The summed E-state index contributed by atoms with van der Waals surface area (Å²) < 4.78 is 28.6. The molecule has 30 heavy (non-hydrogen) atoms. The SMILES string of the molecule is N#Cc1ccc(CN(C2C3CCC(C3)C2C(=O)O)S(=O)(=O)c2ccc(Cl)cc2)cc1. The first-order valence-electron chi connectivity index (χ1n) is 9.80. The fraction of sp³-hybridized carbons (Fsp3) is 0.364. The summed E-state index contributed by atoms with van der Waals surface area (Å²) in [6, 6.07) is 14.1. The normalized spacial score (nSPS) is 25.4. The Morgan fingerprint density at radius 2 is 1.73 bits per heavy atom. The standard InChI is InChI=1S/C22H21ClN2O4S/c23-18-7-9-19(10-8-18)30(28,29)25(13-15-3-1-14(12-24)2-4-15)21-17-6-5-16(11-17)20(21)22(26)27/h1-4,7-10,16-17,20-21H,5-6,11,13H2,(H,26,27). The van der Waals surface area contributed by atoms with Crippen LogP contribution in [0.2, 0.25) is 5.02 Å². The van der Waals surface area contributed by atoms with Gasteiger partial charge in [-0.3, -0.25) is 4.79 Å². The first-order valence-corrected chi connectivity index (χ1v) is 11.6. The minimum atomic E-state index is -3.96. The topological polar surface area (TPSA) is 98.5 Å². The second-order valence-corrected chi connectivity index (χ2v) is 10.3. The van der Waals surface area contributed by atoms with Crippen LogP contribution in [-0.4, -0.2) is 29.8 Å². The molecule has 156 valence electrons. The number of carbonyl (C=O) groups is 1. The average Bonchev–Trinajstić information content (AvgIpc) is 3.34. The summed E-state index contributed by atoms with van der Waals surface area (Å²) in [5, 5.41) is 19.3. The van der Waals surface area contributed by atoms with Crippen molar-refractivity contribution in [2.45, 2.75) is 36.7 Å². The van der Waals surface area contributed by atoms with Crippen LogP contribution in [0.4, 0.5) is 0 Å². The van der Waals surface area contributed by atoms with Gasteiger partial charge in [0.05, 0.1) is 22.4 Å². The van der Waals surface area contributed by atoms with Gasteiger partial charge in [0.25, 0.3) is 0 Å². The summed E-state index contributed by atoms with van der Waals surface area (Å²) in [5.74, 6) is -1.63. The molecule has 0 saturated heterocycles. The molecule has 2 aromatic carbocycles. The van der Waals surface area contributed by atoms with Crippen molar-refractivity contribution < 1.29 is 18.3 Å². The highest BCUT2D eigenvalue weighted by Crippen LogP contribution is 2.52. The van der Waals surface area contributed by atoms with Crippen LogP contribution in [0.15, 0.2) is 53.4 Å². The van der Waals surface area contributed by atoms with Crippen LogP contribution in [-0.2, 0) is 21.4 Å². The molecule has 0 aliphatic heterocycles. The first-order chi connectivity index (χ1) is 14.3. The van der Waals surface area contributed by atoms with Crippen LogP contribution in [0.1, 0.15) is 30.4 Å². The van der Waals surface area contributed by atoms with Crippen LogP contribution < -0.4 is 0 Å². The molecule has 2 aliphatic carbocycles. The Morgan fingerprint density at radius 1 is 1.10 bits per heavy atom. The lowest BCUT2D eigenvalue weighted by Crippen LogP contribution is -2.49. The van der Waals surface area contributed by atoms with Gasteiger partial charge in [-0.1, -0.05) is 23.7 Å². The Kier molecular flexibility index (Phi) is 5.58. The Hall–Kier alpha value is -2.40. The zero-order valence-corrected chi connectivity index (χ0v) is 17.7. The van der Waals surface area contributed by atoms with Gasteiger partial charge in [0.1, 0.15) is 0 Å². The van der Waals surface area contributed by atoms with E-state index in [0.717, 1.165) is 19.3 Å². The van der Waals surface area contributed by atoms with Crippen molar-refractivity contribution in [3.8, 4) is 6.07 Å². The average molecular weight is 445 g/mol. The van der Waals surface area contributed by atoms with Gasteiger partial charge in [-0.25, -0.2) is 8.42 Å². The van der Waals surface area contributed by atoms with Gasteiger partial charge < -0.3 is 5.11 Å². The molecule has 4 unspecified atom stereocenters. The smallest absolute Gasteiger partial charge is 0.308 e. The van der Waals surface area contributed by atoms with Crippen molar-refractivity contribution in [3.63, 3.8) is 0 Å². The lowest BCUT2D eigenvalue weighted by Gasteiger charge is -2.37. The molecule has 8 heteroatoms. The fourth-order valence-corrected chi connectivity index (χ4v) is 6.80. The Balaban J connectivity index is 1.77. The van der Waals surface area contributed by atoms with E-state index < -0.39 is 28.0 Å². The van der Waals surface area contributed by atoms with Crippen molar-refractivity contribution in [2.24, 2.45) is 17.8 Å². The fourth-order valence-electron chi connectivity index (χ4n) is 4.98. The third kappa shape index (κ3) is 3.71. The molecular weight excluding hydrogens is 424 g/mol. The lowest BCUT2D eigenvalue weighted by molar-refractivity contribution is -0.145. The Bertz CT molecular complexity index is 1090. The first kappa shape index (κ1) is 20.9. The van der Waals surface area contributed by atoms with Crippen LogP contribution in [0.3, 0.4) is 0 Å². The molecule has 2 bridgehead atoms. The number of benzene rings is 2. The molecule has 4 atom stereocenters. The van der Waals surface area contributed by atoms with Crippen molar-refractivity contribution in [1.29, 1.82) is 5.26 Å². The van der Waals surface area contributed by atoms with E-state index in [1.165, 1.54) is 28.6 Å². The van der Waals surface area contributed by atoms with E-state index in [1.54, 1.807) is 24.3 Å². The predicted molar refractivity (Wildman–Crippen MR) is 111 cm³/mol. The number of hydrogen-bond donors (Lipinski definition) is 1. The summed E-state index contributed by atoms with van der Waals surface area (Å²) in [6.45, 7) is 0.0499. The molecule has 0 amide bonds. The van der Waals surface area contributed by atoms with Gasteiger partial charge in [0.15, 0.2) is 0 Å². The Morgan fingerprint density at radius 3 is 2.33 bits per heavy atom. The maximum Gasteiger partial charge on any atom is 0.308 e. The molecule has 2 aliphatic rings. The van der Waals surface area contributed by atoms with E-state index >= 15 is 0 Å². The molecule has 0 radical (unpaired) electrons. The van der Waals surface area contributed by atoms with Gasteiger partial charge in [-0.15, -0.1) is 0 Å². The van der Waals surface area contributed by atoms with Crippen molar-refractivity contribution in [2.75, 3.05) is 0 Å². The van der Waals surface area contributed by atoms with Gasteiger partial charge >= 0.3 is 5.97 Å². The van der Waals surface area contributed by atoms with E-state index in [9.17, 15) is 18.3 Å². The van der Waals surface area contributed by atoms with Crippen molar-refractivity contribution in [3.05, 3.63) is 64.7 Å². The minimum absolute atomic E-state index is 0.00128. The monoisotopic (exact) mass is 444 g/mol. The zero-order valence-electron chi connectivity index (χ0n) is 16.1. The maximum absolute atomic E-state index is 13.6. The summed E-state index contributed by atoms with van der Waals surface area (Å²) >= 11 is 5.93. The highest BCUT2D eigenvalue weighted by atomic mass is 35.5. The van der Waals surface area contributed by atoms with E-state index in [4.69, 9.17) is 16.9 Å². The van der Waals surface area contributed by atoms with Crippen LogP contribution in [0.5, 0.6) is 0 Å². The van der Waals surface area contributed by atoms with Crippen LogP contribution in [0, 0.1) is 29.1 Å². The largest absolute Gasteiger partial charge is 0.481 e. The summed E-state index contributed by atoms with van der Waals surface area (Å²) in [6.07, 6.45) is 2.39. The second kappa shape index (κ2) is 8.03. The number of hydrogen-bond acceptors (Lipinski definition) is 4. The van der Waals surface area contributed by atoms with E-state index in [2.05, 4.69) is 0 Å². The van der Waals surface area contributed by atoms with Gasteiger partial charge in [-0.05, 0) is 73.1 Å². The quantitative estimate of drug-likeness (QED) is 0.728. The lowest BCUT2D eigenvalue weighted by atomic mass is 9.84. The van der Waals surface area contributed by atoms with Gasteiger partial charge in [0, 0.05) is 17.6 Å². The summed E-state index contributed by atoms with van der Waals surface area (Å²) in [5.41, 5.74) is 1.19. The highest BCUT2D eigenvalue weighted by Gasteiger charge is 2.55. The number of carboxylic acids is 1. The number of nitrogens with zero attached hydrogens (tertiary/aromatic N) is 2. The predicted octanol–water partition coefficient (Wildman–Crippen LogP) is 3.90. The van der Waals surface area contributed by atoms with Crippen LogP contribution in [0.25, 0.3) is 0 Å². The van der Waals surface area contributed by atoms with Gasteiger partial charge in [-0.2, -0.15) is 9.57 Å². The number of nitriles is 1. The van der Waals surface area contributed by atoms with Crippen LogP contribution >= 0.6 is 11.6 Å². The molecule has 6 nitrogen and oxygen atoms in total. The molecule has 2 saturated carbocycles. The number of carboxylic acid groups (broad SMARTS) is 1. The van der Waals surface area contributed by atoms with E-state index in [0.29, 0.717) is 16.1 Å². The highest BCUT2D eigenvalue weighted by molar-refractivity contribution is 7.89. The van der Waals surface area contributed by atoms with E-state index in [1.807, 2.05) is 6.07 Å². The molecule has 2 fully saturated rings. The molecular formula is C22H21ClN2O4S. The number of rotatable bonds is 6. The molecule has 1 N–H and O–H groups in total. The van der Waals surface area contributed by atoms with Gasteiger partial charge in [0.2, 0.25) is 10.0 Å².